The molecule has 0 amide bonds. The summed E-state index contributed by atoms with van der Waals surface area (Å²) in [4.78, 5) is 0. The van der Waals surface area contributed by atoms with Crippen LogP contribution in [0, 0.1) is 0 Å². The van der Waals surface area contributed by atoms with Crippen LogP contribution < -0.4 is 0 Å². The van der Waals surface area contributed by atoms with E-state index in [1.165, 1.54) is 61.3 Å². The Labute approximate surface area is 76.0 Å². The number of nitrogens with zero attached hydrogens (tertiary/aromatic N) is 2. The molecule has 2 bridgehead atoms. The Balaban J connectivity index is 2.09. The van der Waals surface area contributed by atoms with Gasteiger partial charge >= 0.3 is 0 Å². The molecule has 0 aromatic heterocycles. The number of fused-ring (bicyclic) bond motifs is 3. The van der Waals surface area contributed by atoms with Gasteiger partial charge in [0.2, 0.25) is 0 Å². The van der Waals surface area contributed by atoms with Crippen molar-refractivity contribution in [2.24, 2.45) is 0 Å². The predicted octanol–water partition coefficient (Wildman–Crippen LogP) is 0.687. The van der Waals surface area contributed by atoms with Crippen LogP contribution in [-0.4, -0.2) is 61.3 Å². The van der Waals surface area contributed by atoms with Crippen LogP contribution in [0.4, 0.5) is 0 Å². The second-order valence-corrected chi connectivity index (χ2v) is 4.66. The molecule has 0 N–H and O–H groups in total. The monoisotopic (exact) mass is 170 g/mol. The Morgan fingerprint density at radius 3 is 1.08 bits per heavy atom. The second-order valence-electron chi connectivity index (χ2n) is 4.66. The van der Waals surface area contributed by atoms with Crippen molar-refractivity contribution in [2.75, 3.05) is 52.4 Å². The van der Waals surface area contributed by atoms with E-state index in [1.54, 1.807) is 0 Å². The molecule has 70 valence electrons. The quantitative estimate of drug-likeness (QED) is 0.535. The Morgan fingerprint density at radius 2 is 0.917 bits per heavy atom. The van der Waals surface area contributed by atoms with Gasteiger partial charge in [-0.2, -0.15) is 0 Å². The van der Waals surface area contributed by atoms with Crippen molar-refractivity contribution in [3.8, 4) is 0 Å². The van der Waals surface area contributed by atoms with Gasteiger partial charge in [0, 0.05) is 0 Å². The van der Waals surface area contributed by atoms with Crippen molar-refractivity contribution in [1.29, 1.82) is 0 Å². The molecule has 0 aromatic rings. The molecule has 3 rings (SSSR count). The van der Waals surface area contributed by atoms with E-state index >= 15 is 0 Å². The van der Waals surface area contributed by atoms with Crippen LogP contribution in [0.3, 0.4) is 0 Å². The van der Waals surface area contributed by atoms with E-state index in [1.807, 2.05) is 0 Å². The van der Waals surface area contributed by atoms with E-state index in [2.05, 4.69) is 13.8 Å². The van der Waals surface area contributed by atoms with Crippen molar-refractivity contribution in [1.82, 2.24) is 0 Å². The van der Waals surface area contributed by atoms with Crippen molar-refractivity contribution < 1.29 is 8.97 Å². The first-order valence-electron chi connectivity index (χ1n) is 5.44. The molecule has 3 saturated heterocycles. The number of hydrogen-bond acceptors (Lipinski definition) is 0. The van der Waals surface area contributed by atoms with E-state index in [9.17, 15) is 0 Å². The maximum atomic E-state index is 2.36. The van der Waals surface area contributed by atoms with Crippen molar-refractivity contribution in [2.45, 2.75) is 13.8 Å². The molecule has 0 aliphatic carbocycles. The highest BCUT2D eigenvalue weighted by Gasteiger charge is 2.46. The lowest BCUT2D eigenvalue weighted by Gasteiger charge is -2.55. The van der Waals surface area contributed by atoms with Gasteiger partial charge in [-0.15, -0.1) is 0 Å². The Hall–Kier alpha value is -0.0800. The molecule has 3 aliphatic heterocycles. The molecular weight excluding hydrogens is 148 g/mol. The first kappa shape index (κ1) is 8.52. The van der Waals surface area contributed by atoms with E-state index in [0.29, 0.717) is 0 Å². The first-order valence-corrected chi connectivity index (χ1v) is 5.44. The predicted molar refractivity (Wildman–Crippen MR) is 50.8 cm³/mol. The van der Waals surface area contributed by atoms with E-state index in [-0.39, 0.29) is 0 Å². The molecule has 0 saturated carbocycles. The zero-order chi connectivity index (χ0) is 8.66. The van der Waals surface area contributed by atoms with Crippen molar-refractivity contribution >= 4 is 0 Å². The molecule has 12 heavy (non-hydrogen) atoms. The van der Waals surface area contributed by atoms with Gasteiger partial charge in [-0.3, -0.25) is 0 Å². The molecular formula is C10H22N2+2. The summed E-state index contributed by atoms with van der Waals surface area (Å²) in [6.07, 6.45) is 0. The average Bonchev–Trinajstić information content (AvgIpc) is 2.21. The van der Waals surface area contributed by atoms with Gasteiger partial charge in [0.05, 0.1) is 13.1 Å². The second kappa shape index (κ2) is 2.71. The normalized spacial score (nSPS) is 46.5. The number of quaternary nitrogens is 2. The maximum Gasteiger partial charge on any atom is 0.129 e. The van der Waals surface area contributed by atoms with Crippen molar-refractivity contribution in [3.05, 3.63) is 0 Å². The summed E-state index contributed by atoms with van der Waals surface area (Å²) in [5, 5.41) is 0. The fourth-order valence-electron chi connectivity index (χ4n) is 2.89. The van der Waals surface area contributed by atoms with Gasteiger partial charge in [-0.1, -0.05) is 0 Å². The number of rotatable bonds is 2. The fourth-order valence-corrected chi connectivity index (χ4v) is 2.89. The third-order valence-corrected chi connectivity index (χ3v) is 4.49. The fraction of sp³-hybridized carbons (Fsp3) is 1.00. The van der Waals surface area contributed by atoms with Crippen LogP contribution in [-0.2, 0) is 0 Å². The standard InChI is InChI=1S/C10H22N2/c1-3-11-5-8-12(4-2,9-6-11)10-7-11/h3-10H2,1-2H3/q+2. The maximum absolute atomic E-state index is 2.36. The molecule has 2 heteroatoms. The van der Waals surface area contributed by atoms with Crippen molar-refractivity contribution in [3.63, 3.8) is 0 Å². The van der Waals surface area contributed by atoms with Gasteiger partial charge in [0.1, 0.15) is 39.3 Å². The minimum atomic E-state index is 1.36. The lowest BCUT2D eigenvalue weighted by molar-refractivity contribution is -1.08. The Bertz CT molecular complexity index is 132. The number of likely N-dealkylation sites (N-methyl/N-ethyl adjacent to an activating group) is 2. The minimum absolute atomic E-state index is 1.36. The molecule has 3 fully saturated rings. The molecule has 3 aliphatic rings. The zero-order valence-electron chi connectivity index (χ0n) is 8.55. The summed E-state index contributed by atoms with van der Waals surface area (Å²) < 4.78 is 2.86. The SMILES string of the molecule is CC[N+]12CC[N+](CC)(CC1)CC2. The minimum Gasteiger partial charge on any atom is -0.310 e. The first-order chi connectivity index (χ1) is 5.74. The van der Waals surface area contributed by atoms with Crippen LogP contribution in [0.2, 0.25) is 0 Å². The lowest BCUT2D eigenvalue weighted by Crippen LogP contribution is -2.74. The Morgan fingerprint density at radius 1 is 0.667 bits per heavy atom. The topological polar surface area (TPSA) is 0 Å². The largest absolute Gasteiger partial charge is 0.310 e. The van der Waals surface area contributed by atoms with Crippen LogP contribution in [0.25, 0.3) is 0 Å². The summed E-state index contributed by atoms with van der Waals surface area (Å²) >= 11 is 0. The van der Waals surface area contributed by atoms with E-state index in [4.69, 9.17) is 0 Å². The van der Waals surface area contributed by atoms with Gasteiger partial charge in [-0.05, 0) is 13.8 Å². The summed E-state index contributed by atoms with van der Waals surface area (Å²) in [5.74, 6) is 0. The summed E-state index contributed by atoms with van der Waals surface area (Å²) in [5.41, 5.74) is 0. The highest BCUT2D eigenvalue weighted by molar-refractivity contribution is 4.60. The van der Waals surface area contributed by atoms with Crippen LogP contribution in [0.15, 0.2) is 0 Å². The van der Waals surface area contributed by atoms with Gasteiger partial charge in [-0.25, -0.2) is 0 Å². The van der Waals surface area contributed by atoms with Crippen LogP contribution in [0.5, 0.6) is 0 Å². The summed E-state index contributed by atoms with van der Waals surface area (Å²) in [6, 6.07) is 0. The highest BCUT2D eigenvalue weighted by atomic mass is 15.5. The molecule has 0 spiro atoms. The number of hydrogen-bond donors (Lipinski definition) is 0. The van der Waals surface area contributed by atoms with E-state index in [0.717, 1.165) is 0 Å². The molecule has 0 unspecified atom stereocenters. The highest BCUT2D eigenvalue weighted by Crippen LogP contribution is 2.25. The molecule has 3 heterocycles. The van der Waals surface area contributed by atoms with Gasteiger partial charge in [0.15, 0.2) is 0 Å². The average molecular weight is 170 g/mol. The summed E-state index contributed by atoms with van der Waals surface area (Å²) in [6.45, 7) is 16.1. The molecule has 0 radical (unpaired) electrons. The Kier molecular flexibility index (Phi) is 1.92. The smallest absolute Gasteiger partial charge is 0.129 e. The molecule has 2 nitrogen and oxygen atoms in total. The van der Waals surface area contributed by atoms with Gasteiger partial charge < -0.3 is 8.97 Å². The number of piperazine rings is 3. The third kappa shape index (κ3) is 1.09. The van der Waals surface area contributed by atoms with Crippen LogP contribution >= 0.6 is 0 Å². The summed E-state index contributed by atoms with van der Waals surface area (Å²) in [7, 11) is 0. The third-order valence-electron chi connectivity index (χ3n) is 4.49. The van der Waals surface area contributed by atoms with Crippen LogP contribution in [0.1, 0.15) is 13.8 Å². The zero-order valence-corrected chi connectivity index (χ0v) is 8.55. The lowest BCUT2D eigenvalue weighted by atomic mass is 10.1. The van der Waals surface area contributed by atoms with Gasteiger partial charge in [0.25, 0.3) is 0 Å². The molecule has 0 aromatic carbocycles. The molecule has 0 atom stereocenters. The van der Waals surface area contributed by atoms with E-state index < -0.39 is 0 Å².